The maximum absolute atomic E-state index is 9.56. The fraction of sp³-hybridized carbons (Fsp3) is 0.400. The van der Waals surface area contributed by atoms with Crippen molar-refractivity contribution in [1.82, 2.24) is 0 Å². The third-order valence-electron chi connectivity index (χ3n) is 2.15. The fourth-order valence-electron chi connectivity index (χ4n) is 1.23. The first kappa shape index (κ1) is 11.8. The summed E-state index contributed by atoms with van der Waals surface area (Å²) in [5, 5.41) is 10.6. The Morgan fingerprint density at radius 3 is 2.57 bits per heavy atom. The van der Waals surface area contributed by atoms with E-state index in [4.69, 9.17) is 28.9 Å². The van der Waals surface area contributed by atoms with Gasteiger partial charge in [-0.15, -0.1) is 0 Å². The average Bonchev–Trinajstić information content (AvgIpc) is 2.15. The molecule has 0 unspecified atom stereocenters. The lowest BCUT2D eigenvalue weighted by atomic mass is 10.0. The molecule has 1 rings (SSSR count). The molecule has 0 spiro atoms. The van der Waals surface area contributed by atoms with Crippen molar-refractivity contribution >= 4 is 23.2 Å². The van der Waals surface area contributed by atoms with Crippen molar-refractivity contribution in [3.05, 3.63) is 33.8 Å². The van der Waals surface area contributed by atoms with E-state index in [1.807, 2.05) is 6.92 Å². The molecule has 0 heterocycles. The van der Waals surface area contributed by atoms with Crippen molar-refractivity contribution in [2.45, 2.75) is 25.5 Å². The van der Waals surface area contributed by atoms with Crippen LogP contribution in [0.4, 0.5) is 0 Å². The molecule has 78 valence electrons. The molecule has 0 aliphatic heterocycles. The molecule has 0 amide bonds. The van der Waals surface area contributed by atoms with Crippen molar-refractivity contribution in [2.75, 3.05) is 0 Å². The molecule has 0 saturated heterocycles. The minimum Gasteiger partial charge on any atom is -0.391 e. The normalized spacial score (nSPS) is 15.2. The smallest absolute Gasteiger partial charge is 0.0730 e. The van der Waals surface area contributed by atoms with Crippen LogP contribution in [0.25, 0.3) is 0 Å². The predicted octanol–water partition coefficient (Wildman–Crippen LogP) is 2.76. The third kappa shape index (κ3) is 2.61. The van der Waals surface area contributed by atoms with E-state index in [0.29, 0.717) is 16.5 Å². The monoisotopic (exact) mass is 233 g/mol. The van der Waals surface area contributed by atoms with Crippen LogP contribution in [0.5, 0.6) is 0 Å². The molecule has 2 atom stereocenters. The maximum atomic E-state index is 9.56. The molecule has 4 heteroatoms. The highest BCUT2D eigenvalue weighted by Gasteiger charge is 2.17. The highest BCUT2D eigenvalue weighted by atomic mass is 35.5. The number of halogens is 2. The average molecular weight is 234 g/mol. The van der Waals surface area contributed by atoms with Crippen LogP contribution in [0.3, 0.4) is 0 Å². The van der Waals surface area contributed by atoms with Crippen LogP contribution in [0.1, 0.15) is 24.9 Å². The Morgan fingerprint density at radius 1 is 1.43 bits per heavy atom. The van der Waals surface area contributed by atoms with E-state index in [0.717, 1.165) is 5.56 Å². The number of nitrogens with two attached hydrogens (primary N) is 1. The molecule has 1 aromatic rings. The van der Waals surface area contributed by atoms with Crippen molar-refractivity contribution in [2.24, 2.45) is 5.73 Å². The van der Waals surface area contributed by atoms with Gasteiger partial charge in [0.05, 0.1) is 12.1 Å². The first-order chi connectivity index (χ1) is 6.56. The fourth-order valence-corrected chi connectivity index (χ4v) is 1.77. The van der Waals surface area contributed by atoms with E-state index in [-0.39, 0.29) is 0 Å². The molecular formula is C10H13Cl2NO. The summed E-state index contributed by atoms with van der Waals surface area (Å²) in [6.07, 6.45) is 0.0220. The topological polar surface area (TPSA) is 46.2 Å². The lowest BCUT2D eigenvalue weighted by molar-refractivity contribution is 0.141. The number of hydrogen-bond donors (Lipinski definition) is 2. The van der Waals surface area contributed by atoms with Crippen molar-refractivity contribution in [3.63, 3.8) is 0 Å². The second kappa shape index (κ2) is 4.99. The van der Waals surface area contributed by atoms with E-state index >= 15 is 0 Å². The summed E-state index contributed by atoms with van der Waals surface area (Å²) in [6, 6.07) is 4.63. The number of benzene rings is 1. The SMILES string of the molecule is CC[C@H](O)[C@H](N)c1ccc(Cl)cc1Cl. The highest BCUT2D eigenvalue weighted by molar-refractivity contribution is 6.35. The molecule has 0 fully saturated rings. The van der Waals surface area contributed by atoms with E-state index < -0.39 is 12.1 Å². The maximum Gasteiger partial charge on any atom is 0.0730 e. The lowest BCUT2D eigenvalue weighted by Crippen LogP contribution is -2.25. The molecule has 3 N–H and O–H groups in total. The Kier molecular flexibility index (Phi) is 4.20. The molecule has 0 radical (unpaired) electrons. The van der Waals surface area contributed by atoms with E-state index in [1.165, 1.54) is 0 Å². The van der Waals surface area contributed by atoms with Gasteiger partial charge in [0.15, 0.2) is 0 Å². The minimum absolute atomic E-state index is 0.454. The standard InChI is InChI=1S/C10H13Cl2NO/c1-2-9(14)10(13)7-4-3-6(11)5-8(7)12/h3-5,9-10,14H,2,13H2,1H3/t9-,10+/m0/s1. The third-order valence-corrected chi connectivity index (χ3v) is 2.72. The van der Waals surface area contributed by atoms with Gasteiger partial charge in [0.2, 0.25) is 0 Å². The minimum atomic E-state index is -0.575. The number of hydrogen-bond acceptors (Lipinski definition) is 2. The zero-order valence-electron chi connectivity index (χ0n) is 7.87. The number of aliphatic hydroxyl groups is 1. The van der Waals surface area contributed by atoms with E-state index in [9.17, 15) is 5.11 Å². The molecule has 0 saturated carbocycles. The first-order valence-electron chi connectivity index (χ1n) is 4.44. The second-order valence-corrected chi connectivity index (χ2v) is 4.01. The van der Waals surface area contributed by atoms with Gasteiger partial charge < -0.3 is 10.8 Å². The summed E-state index contributed by atoms with van der Waals surface area (Å²) in [5.41, 5.74) is 6.55. The van der Waals surface area contributed by atoms with Crippen LogP contribution in [-0.2, 0) is 0 Å². The Labute approximate surface area is 93.6 Å². The Balaban J connectivity index is 2.95. The van der Waals surface area contributed by atoms with Gasteiger partial charge in [0.1, 0.15) is 0 Å². The summed E-state index contributed by atoms with van der Waals surface area (Å²) in [6.45, 7) is 1.87. The Bertz CT molecular complexity index is 317. The molecular weight excluding hydrogens is 221 g/mol. The number of aliphatic hydroxyl groups excluding tert-OH is 1. The van der Waals surface area contributed by atoms with Gasteiger partial charge in [-0.05, 0) is 24.1 Å². The summed E-state index contributed by atoms with van der Waals surface area (Å²) >= 11 is 11.7. The summed E-state index contributed by atoms with van der Waals surface area (Å²) in [4.78, 5) is 0. The van der Waals surface area contributed by atoms with Crippen LogP contribution in [0.15, 0.2) is 18.2 Å². The summed E-state index contributed by atoms with van der Waals surface area (Å²) in [5.74, 6) is 0. The zero-order chi connectivity index (χ0) is 10.7. The number of rotatable bonds is 3. The molecule has 1 aromatic carbocycles. The van der Waals surface area contributed by atoms with Gasteiger partial charge in [-0.1, -0.05) is 36.2 Å². The van der Waals surface area contributed by atoms with Gasteiger partial charge in [0.25, 0.3) is 0 Å². The first-order valence-corrected chi connectivity index (χ1v) is 5.20. The van der Waals surface area contributed by atoms with Crippen LogP contribution in [-0.4, -0.2) is 11.2 Å². The van der Waals surface area contributed by atoms with Crippen molar-refractivity contribution in [3.8, 4) is 0 Å². The molecule has 0 aliphatic rings. The van der Waals surface area contributed by atoms with Crippen molar-refractivity contribution in [1.29, 1.82) is 0 Å². The largest absolute Gasteiger partial charge is 0.391 e. The summed E-state index contributed by atoms with van der Waals surface area (Å²) < 4.78 is 0. The lowest BCUT2D eigenvalue weighted by Gasteiger charge is -2.18. The van der Waals surface area contributed by atoms with Crippen LogP contribution < -0.4 is 5.73 Å². The molecule has 14 heavy (non-hydrogen) atoms. The Morgan fingerprint density at radius 2 is 2.07 bits per heavy atom. The predicted molar refractivity (Wildman–Crippen MR) is 59.7 cm³/mol. The Hall–Kier alpha value is -0.280. The van der Waals surface area contributed by atoms with Gasteiger partial charge in [0, 0.05) is 10.0 Å². The van der Waals surface area contributed by atoms with Gasteiger partial charge in [-0.25, -0.2) is 0 Å². The van der Waals surface area contributed by atoms with E-state index in [1.54, 1.807) is 18.2 Å². The van der Waals surface area contributed by atoms with E-state index in [2.05, 4.69) is 0 Å². The van der Waals surface area contributed by atoms with Gasteiger partial charge >= 0.3 is 0 Å². The van der Waals surface area contributed by atoms with Gasteiger partial charge in [-0.2, -0.15) is 0 Å². The molecule has 0 bridgehead atoms. The zero-order valence-corrected chi connectivity index (χ0v) is 9.39. The van der Waals surface area contributed by atoms with Crippen molar-refractivity contribution < 1.29 is 5.11 Å². The van der Waals surface area contributed by atoms with Crippen LogP contribution >= 0.6 is 23.2 Å². The quantitative estimate of drug-likeness (QED) is 0.844. The van der Waals surface area contributed by atoms with Crippen LogP contribution in [0, 0.1) is 0 Å². The molecule has 2 nitrogen and oxygen atoms in total. The van der Waals surface area contributed by atoms with Crippen LogP contribution in [0.2, 0.25) is 10.0 Å². The summed E-state index contributed by atoms with van der Waals surface area (Å²) in [7, 11) is 0. The highest BCUT2D eigenvalue weighted by Crippen LogP contribution is 2.27. The molecule has 0 aliphatic carbocycles. The van der Waals surface area contributed by atoms with Gasteiger partial charge in [-0.3, -0.25) is 0 Å². The molecule has 0 aromatic heterocycles. The second-order valence-electron chi connectivity index (χ2n) is 3.17.